The van der Waals surface area contributed by atoms with Crippen LogP contribution in [0.5, 0.6) is 5.75 Å². The van der Waals surface area contributed by atoms with Crippen molar-refractivity contribution in [3.63, 3.8) is 0 Å². The first kappa shape index (κ1) is 25.1. The Bertz CT molecular complexity index is 845. The summed E-state index contributed by atoms with van der Waals surface area (Å²) in [5, 5.41) is 3.54. The molecular weight excluding hydrogens is 432 g/mol. The Balaban J connectivity index is 2.02. The van der Waals surface area contributed by atoms with Crippen LogP contribution in [-0.2, 0) is 21.9 Å². The molecule has 31 heavy (non-hydrogen) atoms. The molecule has 0 spiro atoms. The second-order valence-electron chi connectivity index (χ2n) is 7.31. The number of benzene rings is 2. The predicted molar refractivity (Wildman–Crippen MR) is 129 cm³/mol. The summed E-state index contributed by atoms with van der Waals surface area (Å²) in [6, 6.07) is 14.6. The maximum Gasteiger partial charge on any atom is 0.242 e. The first-order valence-electron chi connectivity index (χ1n) is 10.5. The largest absolute Gasteiger partial charge is 0.497 e. The molecule has 1 atom stereocenters. The van der Waals surface area contributed by atoms with Crippen molar-refractivity contribution in [1.82, 2.24) is 10.2 Å². The van der Waals surface area contributed by atoms with Crippen molar-refractivity contribution in [3.8, 4) is 5.75 Å². The summed E-state index contributed by atoms with van der Waals surface area (Å²) in [6.07, 6.45) is 1.92. The summed E-state index contributed by atoms with van der Waals surface area (Å²) in [6.45, 7) is 4.80. The molecular formula is C24H31ClN2O3S. The molecule has 0 unspecified atom stereocenters. The first-order valence-corrected chi connectivity index (χ1v) is 12.0. The van der Waals surface area contributed by atoms with Gasteiger partial charge in [0.15, 0.2) is 0 Å². The average Bonchev–Trinajstić information content (AvgIpc) is 2.77. The number of hydrogen-bond donors (Lipinski definition) is 1. The van der Waals surface area contributed by atoms with E-state index in [2.05, 4.69) is 12.2 Å². The number of hydrogen-bond acceptors (Lipinski definition) is 4. The lowest BCUT2D eigenvalue weighted by molar-refractivity contribution is -0.138. The van der Waals surface area contributed by atoms with Crippen molar-refractivity contribution < 1.29 is 14.3 Å². The zero-order valence-electron chi connectivity index (χ0n) is 18.4. The molecule has 0 fully saturated rings. The van der Waals surface area contributed by atoms with E-state index in [1.54, 1.807) is 25.0 Å². The van der Waals surface area contributed by atoms with Crippen molar-refractivity contribution in [3.05, 3.63) is 64.7 Å². The standard InChI is InChI=1S/C24H31ClN2O3S/c1-4-5-13-26-24(29)18(2)27(15-20-7-6-8-21(25)14-20)23(28)17-31-16-19-9-11-22(30-3)12-10-19/h6-12,14,18H,4-5,13,15-17H2,1-3H3,(H,26,29)/t18-/m1/s1. The number of nitrogens with zero attached hydrogens (tertiary/aromatic N) is 1. The average molecular weight is 463 g/mol. The molecule has 2 aromatic rings. The lowest BCUT2D eigenvalue weighted by atomic mass is 10.1. The normalized spacial score (nSPS) is 11.6. The zero-order chi connectivity index (χ0) is 22.6. The second kappa shape index (κ2) is 13.3. The molecule has 2 amide bonds. The maximum absolute atomic E-state index is 13.1. The fourth-order valence-corrected chi connectivity index (χ4v) is 4.10. The summed E-state index contributed by atoms with van der Waals surface area (Å²) < 4.78 is 5.18. The predicted octanol–water partition coefficient (Wildman–Crippen LogP) is 4.92. The number of rotatable bonds is 12. The summed E-state index contributed by atoms with van der Waals surface area (Å²) in [7, 11) is 1.64. The van der Waals surface area contributed by atoms with E-state index in [1.165, 1.54) is 11.8 Å². The van der Waals surface area contributed by atoms with Crippen LogP contribution in [-0.4, -0.2) is 42.2 Å². The number of nitrogens with one attached hydrogen (secondary N) is 1. The number of carbonyl (C=O) groups excluding carboxylic acids is 2. The van der Waals surface area contributed by atoms with Crippen LogP contribution < -0.4 is 10.1 Å². The number of amides is 2. The minimum Gasteiger partial charge on any atom is -0.497 e. The molecule has 0 aromatic heterocycles. The Hall–Kier alpha value is -2.18. The van der Waals surface area contributed by atoms with Gasteiger partial charge < -0.3 is 15.0 Å². The number of unbranched alkanes of at least 4 members (excludes halogenated alkanes) is 1. The van der Waals surface area contributed by atoms with E-state index in [9.17, 15) is 9.59 Å². The fraction of sp³-hybridized carbons (Fsp3) is 0.417. The third-order valence-electron chi connectivity index (χ3n) is 4.89. The monoisotopic (exact) mass is 462 g/mol. The minimum atomic E-state index is -0.565. The van der Waals surface area contributed by atoms with Gasteiger partial charge in [-0.3, -0.25) is 9.59 Å². The Morgan fingerprint density at radius 1 is 1.16 bits per heavy atom. The van der Waals surface area contributed by atoms with E-state index in [-0.39, 0.29) is 11.8 Å². The van der Waals surface area contributed by atoms with Gasteiger partial charge in [0.25, 0.3) is 0 Å². The summed E-state index contributed by atoms with van der Waals surface area (Å²) in [4.78, 5) is 27.3. The van der Waals surface area contributed by atoms with Crippen LogP contribution in [0.15, 0.2) is 48.5 Å². The molecule has 0 aliphatic carbocycles. The lowest BCUT2D eigenvalue weighted by Crippen LogP contribution is -2.48. The van der Waals surface area contributed by atoms with Crippen molar-refractivity contribution in [2.75, 3.05) is 19.4 Å². The van der Waals surface area contributed by atoms with Gasteiger partial charge in [0.05, 0.1) is 12.9 Å². The van der Waals surface area contributed by atoms with Gasteiger partial charge in [-0.05, 0) is 48.7 Å². The van der Waals surface area contributed by atoms with Gasteiger partial charge in [0.2, 0.25) is 11.8 Å². The molecule has 0 bridgehead atoms. The third kappa shape index (κ3) is 8.46. The van der Waals surface area contributed by atoms with Gasteiger partial charge in [-0.1, -0.05) is 49.2 Å². The van der Waals surface area contributed by atoms with Gasteiger partial charge >= 0.3 is 0 Å². The van der Waals surface area contributed by atoms with E-state index >= 15 is 0 Å². The smallest absolute Gasteiger partial charge is 0.242 e. The molecule has 7 heteroatoms. The van der Waals surface area contributed by atoms with E-state index in [4.69, 9.17) is 16.3 Å². The van der Waals surface area contributed by atoms with Gasteiger partial charge in [0.1, 0.15) is 11.8 Å². The Kier molecular flexibility index (Phi) is 10.7. The molecule has 1 N–H and O–H groups in total. The molecule has 0 aliphatic rings. The number of halogens is 1. The minimum absolute atomic E-state index is 0.0726. The molecule has 168 valence electrons. The van der Waals surface area contributed by atoms with Crippen LogP contribution in [0.4, 0.5) is 0 Å². The van der Waals surface area contributed by atoms with Crippen LogP contribution in [0.25, 0.3) is 0 Å². The Morgan fingerprint density at radius 2 is 1.90 bits per heavy atom. The molecule has 2 rings (SSSR count). The number of ether oxygens (including phenoxy) is 1. The Labute approximate surface area is 194 Å². The number of methoxy groups -OCH3 is 1. The summed E-state index contributed by atoms with van der Waals surface area (Å²) >= 11 is 7.64. The zero-order valence-corrected chi connectivity index (χ0v) is 20.0. The SMILES string of the molecule is CCCCNC(=O)[C@@H](C)N(Cc1cccc(Cl)c1)C(=O)CSCc1ccc(OC)cc1. The van der Waals surface area contributed by atoms with E-state index in [0.717, 1.165) is 29.7 Å². The molecule has 0 radical (unpaired) electrons. The second-order valence-corrected chi connectivity index (χ2v) is 8.74. The fourth-order valence-electron chi connectivity index (χ4n) is 3.01. The van der Waals surface area contributed by atoms with E-state index < -0.39 is 6.04 Å². The van der Waals surface area contributed by atoms with Crippen LogP contribution >= 0.6 is 23.4 Å². The molecule has 0 aliphatic heterocycles. The van der Waals surface area contributed by atoms with Gasteiger partial charge in [0, 0.05) is 23.9 Å². The Morgan fingerprint density at radius 3 is 2.55 bits per heavy atom. The van der Waals surface area contributed by atoms with Crippen molar-refractivity contribution >= 4 is 35.2 Å². The third-order valence-corrected chi connectivity index (χ3v) is 6.12. The van der Waals surface area contributed by atoms with Crippen molar-refractivity contribution in [2.45, 2.75) is 45.0 Å². The molecule has 0 heterocycles. The van der Waals surface area contributed by atoms with E-state index in [0.29, 0.717) is 29.6 Å². The summed E-state index contributed by atoms with van der Waals surface area (Å²) in [5.41, 5.74) is 2.01. The maximum atomic E-state index is 13.1. The van der Waals surface area contributed by atoms with Gasteiger partial charge in [-0.2, -0.15) is 0 Å². The quantitative estimate of drug-likeness (QED) is 0.455. The van der Waals surface area contributed by atoms with Crippen LogP contribution in [0.2, 0.25) is 5.02 Å². The van der Waals surface area contributed by atoms with Crippen LogP contribution in [0.3, 0.4) is 0 Å². The topological polar surface area (TPSA) is 58.6 Å². The number of carbonyl (C=O) groups is 2. The molecule has 5 nitrogen and oxygen atoms in total. The highest BCUT2D eigenvalue weighted by Crippen LogP contribution is 2.19. The number of thioether (sulfide) groups is 1. The van der Waals surface area contributed by atoms with Crippen molar-refractivity contribution in [1.29, 1.82) is 0 Å². The van der Waals surface area contributed by atoms with Crippen LogP contribution in [0, 0.1) is 0 Å². The highest BCUT2D eigenvalue weighted by molar-refractivity contribution is 7.99. The van der Waals surface area contributed by atoms with Crippen molar-refractivity contribution in [2.24, 2.45) is 0 Å². The summed E-state index contributed by atoms with van der Waals surface area (Å²) in [5.74, 6) is 1.60. The van der Waals surface area contributed by atoms with E-state index in [1.807, 2.05) is 42.5 Å². The highest BCUT2D eigenvalue weighted by atomic mass is 35.5. The molecule has 0 saturated heterocycles. The molecule has 0 saturated carbocycles. The van der Waals surface area contributed by atoms with Gasteiger partial charge in [-0.25, -0.2) is 0 Å². The molecule has 2 aromatic carbocycles. The van der Waals surface area contributed by atoms with Crippen LogP contribution in [0.1, 0.15) is 37.8 Å². The van der Waals surface area contributed by atoms with Gasteiger partial charge in [-0.15, -0.1) is 11.8 Å². The highest BCUT2D eigenvalue weighted by Gasteiger charge is 2.25. The lowest BCUT2D eigenvalue weighted by Gasteiger charge is -2.29. The first-order chi connectivity index (χ1) is 14.9.